The minimum absolute atomic E-state index is 0.121. The number of esters is 1. The van der Waals surface area contributed by atoms with Gasteiger partial charge in [0.05, 0.1) is 13.2 Å². The fraction of sp³-hybridized carbons (Fsp3) is 0.515. The van der Waals surface area contributed by atoms with Crippen molar-refractivity contribution in [1.82, 2.24) is 9.80 Å². The number of hydrogen-bond acceptors (Lipinski definition) is 6. The summed E-state index contributed by atoms with van der Waals surface area (Å²) in [5, 5.41) is 0. The van der Waals surface area contributed by atoms with Crippen molar-refractivity contribution in [1.29, 1.82) is 0 Å². The highest BCUT2D eigenvalue weighted by Gasteiger charge is 2.67. The number of nitrogens with zero attached hydrogens (tertiary/aromatic N) is 2. The van der Waals surface area contributed by atoms with E-state index < -0.39 is 0 Å². The van der Waals surface area contributed by atoms with E-state index in [2.05, 4.69) is 16.7 Å². The average Bonchev–Trinajstić information content (AvgIpc) is 3.71. The zero-order chi connectivity index (χ0) is 27.6. The molecule has 208 valence electrons. The SMILES string of the molecule is COc1cc(OC(C)=O)c2c3c1O[C@H]1[C@H](N(C)C(=O)C#Cc4ccccc4)CC[C@H]4[C@@H](C2)N(CC2CC2)CC[C@@]341. The van der Waals surface area contributed by atoms with Gasteiger partial charge >= 0.3 is 5.97 Å². The lowest BCUT2D eigenvalue weighted by Gasteiger charge is -2.60. The molecule has 2 heterocycles. The molecule has 0 N–H and O–H groups in total. The number of hydrogen-bond donors (Lipinski definition) is 0. The van der Waals surface area contributed by atoms with Crippen molar-refractivity contribution in [2.75, 3.05) is 27.2 Å². The number of carbonyl (C=O) groups excluding carboxylic acids is 2. The smallest absolute Gasteiger partial charge is 0.308 e. The van der Waals surface area contributed by atoms with Crippen molar-refractivity contribution in [3.63, 3.8) is 0 Å². The van der Waals surface area contributed by atoms with E-state index in [1.807, 2.05) is 43.4 Å². The van der Waals surface area contributed by atoms with E-state index >= 15 is 0 Å². The first kappa shape index (κ1) is 25.5. The molecule has 0 unspecified atom stereocenters. The van der Waals surface area contributed by atoms with Crippen molar-refractivity contribution in [3.8, 4) is 29.1 Å². The average molecular weight is 541 g/mol. The molecule has 5 atom stereocenters. The molecule has 5 aliphatic rings. The van der Waals surface area contributed by atoms with Crippen molar-refractivity contribution in [3.05, 3.63) is 53.1 Å². The number of piperidine rings is 1. The van der Waals surface area contributed by atoms with Gasteiger partial charge in [-0.25, -0.2) is 0 Å². The third-order valence-corrected chi connectivity index (χ3v) is 10.0. The van der Waals surface area contributed by atoms with Crippen LogP contribution in [0.5, 0.6) is 17.2 Å². The highest BCUT2D eigenvalue weighted by atomic mass is 16.5. The van der Waals surface area contributed by atoms with Crippen molar-refractivity contribution < 1.29 is 23.8 Å². The Morgan fingerprint density at radius 2 is 1.95 bits per heavy atom. The third kappa shape index (κ3) is 3.91. The fourth-order valence-electron chi connectivity index (χ4n) is 8.18. The lowest BCUT2D eigenvalue weighted by Crippen LogP contribution is -2.69. The Morgan fingerprint density at radius 1 is 1.15 bits per heavy atom. The molecule has 1 saturated heterocycles. The number of likely N-dealkylation sites (N-methyl/N-ethyl adjacent to an activating group) is 1. The van der Waals surface area contributed by atoms with E-state index in [1.54, 1.807) is 12.0 Å². The second kappa shape index (κ2) is 9.55. The summed E-state index contributed by atoms with van der Waals surface area (Å²) in [5.74, 6) is 8.51. The minimum atomic E-state index is -0.336. The summed E-state index contributed by atoms with van der Waals surface area (Å²) in [4.78, 5) is 30.1. The first-order chi connectivity index (χ1) is 19.4. The van der Waals surface area contributed by atoms with E-state index in [4.69, 9.17) is 14.2 Å². The van der Waals surface area contributed by atoms with E-state index in [0.717, 1.165) is 67.1 Å². The molecule has 2 bridgehead atoms. The molecular formula is C33H36N2O5. The molecule has 0 aromatic heterocycles. The van der Waals surface area contributed by atoms with Crippen LogP contribution in [0, 0.1) is 23.7 Å². The number of carbonyl (C=O) groups is 2. The van der Waals surface area contributed by atoms with Crippen LogP contribution in [0.2, 0.25) is 0 Å². The molecule has 40 heavy (non-hydrogen) atoms. The topological polar surface area (TPSA) is 68.3 Å². The standard InChI is InChI=1S/C33H36N2O5/c1-20(36)39-27-18-28(38-3)31-30-23(27)17-26-24-12-13-25(34(2)29(37)14-11-21-7-5-4-6-8-21)32(40-31)33(24,30)15-16-35(26)19-22-9-10-22/h4-8,18,22,24-26,32H,9-10,12-13,15-17,19H2,1-3H3/t24-,25+,26+,32-,33-/m0/s1. The molecule has 2 aromatic rings. The Hall–Kier alpha value is -3.50. The molecule has 7 nitrogen and oxygen atoms in total. The number of amides is 1. The van der Waals surface area contributed by atoms with E-state index in [-0.39, 0.29) is 29.4 Å². The summed E-state index contributed by atoms with van der Waals surface area (Å²) >= 11 is 0. The number of ether oxygens (including phenoxy) is 3. The van der Waals surface area contributed by atoms with Crippen LogP contribution in [-0.2, 0) is 21.4 Å². The minimum Gasteiger partial charge on any atom is -0.493 e. The normalized spacial score (nSPS) is 29.4. The summed E-state index contributed by atoms with van der Waals surface area (Å²) in [5.41, 5.74) is 2.79. The second-order valence-electron chi connectivity index (χ2n) is 12.2. The molecule has 7 heteroatoms. The van der Waals surface area contributed by atoms with Crippen LogP contribution >= 0.6 is 0 Å². The van der Waals surface area contributed by atoms with Gasteiger partial charge in [-0.3, -0.25) is 14.5 Å². The number of benzene rings is 2. The maximum absolute atomic E-state index is 13.4. The molecule has 3 fully saturated rings. The van der Waals surface area contributed by atoms with E-state index in [0.29, 0.717) is 23.5 Å². The Balaban J connectivity index is 1.30. The van der Waals surface area contributed by atoms with Gasteiger partial charge in [0.2, 0.25) is 0 Å². The summed E-state index contributed by atoms with van der Waals surface area (Å²) < 4.78 is 18.5. The quantitative estimate of drug-likeness (QED) is 0.325. The Morgan fingerprint density at radius 3 is 2.67 bits per heavy atom. The Labute approximate surface area is 235 Å². The van der Waals surface area contributed by atoms with E-state index in [1.165, 1.54) is 19.8 Å². The maximum atomic E-state index is 13.4. The molecule has 2 saturated carbocycles. The summed E-state index contributed by atoms with van der Waals surface area (Å²) in [6.07, 6.45) is 6.10. The van der Waals surface area contributed by atoms with Gasteiger partial charge < -0.3 is 19.1 Å². The van der Waals surface area contributed by atoms with Crippen LogP contribution in [0.3, 0.4) is 0 Å². The van der Waals surface area contributed by atoms with Gasteiger partial charge in [0.15, 0.2) is 11.5 Å². The second-order valence-corrected chi connectivity index (χ2v) is 12.2. The van der Waals surface area contributed by atoms with Crippen LogP contribution in [0.25, 0.3) is 0 Å². The largest absolute Gasteiger partial charge is 0.493 e. The number of methoxy groups -OCH3 is 1. The predicted octanol–water partition coefficient (Wildman–Crippen LogP) is 3.95. The summed E-state index contributed by atoms with van der Waals surface area (Å²) in [6.45, 7) is 3.60. The predicted molar refractivity (Wildman–Crippen MR) is 149 cm³/mol. The van der Waals surface area contributed by atoms with Gasteiger partial charge in [-0.05, 0) is 69.0 Å². The zero-order valence-corrected chi connectivity index (χ0v) is 23.4. The first-order valence-corrected chi connectivity index (χ1v) is 14.6. The lowest BCUT2D eigenvalue weighted by molar-refractivity contribution is -0.135. The van der Waals surface area contributed by atoms with Gasteiger partial charge in [0, 0.05) is 60.7 Å². The molecule has 1 spiro atoms. The first-order valence-electron chi connectivity index (χ1n) is 14.6. The van der Waals surface area contributed by atoms with Gasteiger partial charge in [0.1, 0.15) is 11.9 Å². The Kier molecular flexibility index (Phi) is 6.08. The molecule has 2 aromatic carbocycles. The monoisotopic (exact) mass is 540 g/mol. The molecule has 1 amide bonds. The molecular weight excluding hydrogens is 504 g/mol. The van der Waals surface area contributed by atoms with Crippen molar-refractivity contribution >= 4 is 11.9 Å². The van der Waals surface area contributed by atoms with E-state index in [9.17, 15) is 9.59 Å². The third-order valence-electron chi connectivity index (χ3n) is 10.0. The highest BCUT2D eigenvalue weighted by molar-refractivity contribution is 5.94. The van der Waals surface area contributed by atoms with Gasteiger partial charge in [-0.2, -0.15) is 0 Å². The number of rotatable bonds is 5. The van der Waals surface area contributed by atoms with Crippen LogP contribution < -0.4 is 14.2 Å². The van der Waals surface area contributed by atoms with Gasteiger partial charge in [0.25, 0.3) is 5.91 Å². The van der Waals surface area contributed by atoms with Crippen LogP contribution in [0.1, 0.15) is 55.7 Å². The molecule has 7 rings (SSSR count). The molecule has 3 aliphatic carbocycles. The van der Waals surface area contributed by atoms with Gasteiger partial charge in [-0.15, -0.1) is 0 Å². The van der Waals surface area contributed by atoms with Crippen LogP contribution in [-0.4, -0.2) is 67.1 Å². The molecule has 2 aliphatic heterocycles. The van der Waals surface area contributed by atoms with Crippen LogP contribution in [0.4, 0.5) is 0 Å². The maximum Gasteiger partial charge on any atom is 0.308 e. The number of likely N-dealkylation sites (tertiary alicyclic amines) is 1. The summed E-state index contributed by atoms with van der Waals surface area (Å²) in [7, 11) is 3.49. The summed E-state index contributed by atoms with van der Waals surface area (Å²) in [6, 6.07) is 11.7. The van der Waals surface area contributed by atoms with Crippen molar-refractivity contribution in [2.45, 2.75) is 69.1 Å². The fourth-order valence-corrected chi connectivity index (χ4v) is 8.18. The van der Waals surface area contributed by atoms with Crippen molar-refractivity contribution in [2.24, 2.45) is 11.8 Å². The molecule has 0 radical (unpaired) electrons. The highest BCUT2D eigenvalue weighted by Crippen LogP contribution is 2.66. The Bertz CT molecular complexity index is 1420. The van der Waals surface area contributed by atoms with Crippen LogP contribution in [0.15, 0.2) is 36.4 Å². The zero-order valence-electron chi connectivity index (χ0n) is 23.4. The van der Waals surface area contributed by atoms with Gasteiger partial charge in [-0.1, -0.05) is 24.1 Å². The lowest BCUT2D eigenvalue weighted by atomic mass is 9.50.